The lowest BCUT2D eigenvalue weighted by Crippen LogP contribution is -2.50. The van der Waals surface area contributed by atoms with Gasteiger partial charge in [-0.2, -0.15) is 0 Å². The van der Waals surface area contributed by atoms with Crippen molar-refractivity contribution < 1.29 is 23.5 Å². The van der Waals surface area contributed by atoms with E-state index in [1.165, 1.54) is 149 Å². The van der Waals surface area contributed by atoms with Gasteiger partial charge in [0.25, 0.3) is 0 Å². The zero-order valence-corrected chi connectivity index (χ0v) is 35.2. The highest BCUT2D eigenvalue weighted by Gasteiger charge is 2.34. The smallest absolute Gasteiger partial charge is 0.411 e. The Morgan fingerprint density at radius 2 is 1.38 bits per heavy atom. The van der Waals surface area contributed by atoms with Crippen LogP contribution < -0.4 is 5.32 Å². The zero-order chi connectivity index (χ0) is 39.1. The Morgan fingerprint density at radius 1 is 0.782 bits per heavy atom. The van der Waals surface area contributed by atoms with Crippen molar-refractivity contribution in [1.29, 1.82) is 0 Å². The van der Waals surface area contributed by atoms with E-state index in [9.17, 15) is 9.59 Å². The summed E-state index contributed by atoms with van der Waals surface area (Å²) in [5.74, 6) is -0.414. The highest BCUT2D eigenvalue weighted by Crippen LogP contribution is 2.34. The molecule has 0 radical (unpaired) electrons. The third kappa shape index (κ3) is 16.3. The quantitative estimate of drug-likeness (QED) is 0.0453. The molecule has 3 heterocycles. The number of carbonyl (C=O) groups is 2. The molecule has 8 nitrogen and oxygen atoms in total. The molecule has 3 aromatic rings. The lowest BCUT2D eigenvalue weighted by molar-refractivity contribution is -0.940. The fourth-order valence-corrected chi connectivity index (χ4v) is 8.15. The molecular weight excluding hydrogens is 685 g/mol. The first-order valence-electron chi connectivity index (χ1n) is 22.2. The van der Waals surface area contributed by atoms with Gasteiger partial charge in [-0.1, -0.05) is 147 Å². The van der Waals surface area contributed by atoms with Gasteiger partial charge in [0, 0.05) is 47.0 Å². The summed E-state index contributed by atoms with van der Waals surface area (Å²) >= 11 is 0. The van der Waals surface area contributed by atoms with E-state index in [1.54, 1.807) is 0 Å². The van der Waals surface area contributed by atoms with Crippen molar-refractivity contribution in [3.05, 3.63) is 64.6 Å². The van der Waals surface area contributed by atoms with E-state index in [4.69, 9.17) is 9.47 Å². The molecule has 1 atom stereocenters. The number of fused-ring (bicyclic) bond motifs is 3. The largest absolute Gasteiger partial charge is 0.464 e. The number of esters is 1. The number of nitrogens with one attached hydrogen (secondary N) is 1. The predicted molar refractivity (Wildman–Crippen MR) is 226 cm³/mol. The molecule has 0 bridgehead atoms. The minimum absolute atomic E-state index is 0.171. The molecular formula is C47H75N4O4+. The molecule has 1 aliphatic rings. The Hall–Kier alpha value is -3.39. The number of hydrogen-bond donors (Lipinski definition) is 1. The first-order valence-corrected chi connectivity index (χ1v) is 22.2. The minimum Gasteiger partial charge on any atom is -0.464 e. The molecule has 1 aliphatic heterocycles. The van der Waals surface area contributed by atoms with Gasteiger partial charge in [-0.15, -0.1) is 0 Å². The van der Waals surface area contributed by atoms with E-state index < -0.39 is 12.1 Å². The number of benzene rings is 1. The zero-order valence-electron chi connectivity index (χ0n) is 35.2. The van der Waals surface area contributed by atoms with E-state index in [2.05, 4.69) is 66.1 Å². The number of quaternary nitrogens is 1. The number of likely N-dealkylation sites (N-methyl/N-ethyl adjacent to an activating group) is 1. The lowest BCUT2D eigenvalue weighted by Gasteiger charge is -2.37. The van der Waals surface area contributed by atoms with Gasteiger partial charge in [-0.25, -0.2) is 4.79 Å². The van der Waals surface area contributed by atoms with Gasteiger partial charge in [-0.05, 0) is 50.5 Å². The molecule has 55 heavy (non-hydrogen) atoms. The van der Waals surface area contributed by atoms with E-state index in [1.807, 2.05) is 13.1 Å². The fraction of sp³-hybridized carbons (Fsp3) is 0.681. The summed E-state index contributed by atoms with van der Waals surface area (Å²) in [7, 11) is 2.14. The lowest BCUT2D eigenvalue weighted by atomic mass is 10.0. The molecule has 306 valence electrons. The van der Waals surface area contributed by atoms with Crippen LogP contribution in [0.15, 0.2) is 36.5 Å². The molecule has 0 saturated heterocycles. The van der Waals surface area contributed by atoms with Gasteiger partial charge in [-0.3, -0.25) is 14.3 Å². The number of rotatable bonds is 28. The first-order chi connectivity index (χ1) is 26.8. The SMILES string of the molecule is CCCCCCCCCCCCCCCCCCCCCCOC(=O)CNC(=O)OC[N+]1(C)CCc2c(c3cc(C)ccc3n2CCc2ccc(C)nc2)C1. The summed E-state index contributed by atoms with van der Waals surface area (Å²) in [6.45, 7) is 9.46. The van der Waals surface area contributed by atoms with Crippen LogP contribution in [0.4, 0.5) is 4.79 Å². The molecule has 8 heteroatoms. The summed E-state index contributed by atoms with van der Waals surface area (Å²) in [6, 6.07) is 11.0. The summed E-state index contributed by atoms with van der Waals surface area (Å²) in [5.41, 5.74) is 7.49. The maximum atomic E-state index is 12.6. The van der Waals surface area contributed by atoms with Crippen LogP contribution in [-0.2, 0) is 40.2 Å². The second-order valence-corrected chi connectivity index (χ2v) is 16.8. The number of pyridine rings is 1. The highest BCUT2D eigenvalue weighted by molar-refractivity contribution is 5.86. The number of aromatic nitrogens is 2. The number of unbranched alkanes of at least 4 members (excludes halogenated alkanes) is 19. The van der Waals surface area contributed by atoms with E-state index in [-0.39, 0.29) is 13.3 Å². The van der Waals surface area contributed by atoms with Gasteiger partial charge in [0.15, 0.2) is 0 Å². The van der Waals surface area contributed by atoms with Crippen molar-refractivity contribution in [3.8, 4) is 0 Å². The molecule has 1 aromatic carbocycles. The van der Waals surface area contributed by atoms with Gasteiger partial charge in [0.1, 0.15) is 13.1 Å². The number of amides is 1. The molecule has 1 amide bonds. The van der Waals surface area contributed by atoms with E-state index in [0.29, 0.717) is 11.1 Å². The van der Waals surface area contributed by atoms with Crippen molar-refractivity contribution in [2.45, 2.75) is 175 Å². The van der Waals surface area contributed by atoms with Crippen LogP contribution in [0.3, 0.4) is 0 Å². The van der Waals surface area contributed by atoms with Crippen molar-refractivity contribution in [1.82, 2.24) is 14.9 Å². The number of aryl methyl sites for hydroxylation is 4. The van der Waals surface area contributed by atoms with Gasteiger partial charge >= 0.3 is 12.1 Å². The van der Waals surface area contributed by atoms with Crippen LogP contribution in [0, 0.1) is 13.8 Å². The number of carbonyl (C=O) groups excluding carboxylic acids is 2. The summed E-state index contributed by atoms with van der Waals surface area (Å²) in [4.78, 5) is 29.3. The third-order valence-electron chi connectivity index (χ3n) is 11.6. The molecule has 2 aromatic heterocycles. The molecule has 1 unspecified atom stereocenters. The predicted octanol–water partition coefficient (Wildman–Crippen LogP) is 11.4. The second-order valence-electron chi connectivity index (χ2n) is 16.8. The van der Waals surface area contributed by atoms with Crippen molar-refractivity contribution in [3.63, 3.8) is 0 Å². The number of ether oxygens (including phenoxy) is 2. The second kappa shape index (κ2) is 25.0. The molecule has 0 fully saturated rings. The standard InChI is InChI=1S/C47H74N4O4/c1-5-6-7-8-9-10-11-12-13-14-15-16-17-18-19-20-21-22-23-24-33-54-46(52)36-49-47(53)55-38-51(4)32-30-45-43(37-51)42-34-39(2)25-28-44(42)50(45)31-29-41-27-26-40(3)48-35-41/h25-28,34-35H,5-24,29-33,36-38H2,1-4H3/p+1. The van der Waals surface area contributed by atoms with Crippen LogP contribution in [0.25, 0.3) is 10.9 Å². The van der Waals surface area contributed by atoms with Gasteiger partial charge < -0.3 is 19.4 Å². The number of hydrogen-bond acceptors (Lipinski definition) is 5. The van der Waals surface area contributed by atoms with Crippen molar-refractivity contribution in [2.24, 2.45) is 0 Å². The maximum absolute atomic E-state index is 12.6. The van der Waals surface area contributed by atoms with Crippen LogP contribution in [0.2, 0.25) is 0 Å². The average Bonchev–Trinajstić information content (AvgIpc) is 3.47. The number of nitrogens with zero attached hydrogens (tertiary/aromatic N) is 3. The molecule has 0 spiro atoms. The monoisotopic (exact) mass is 760 g/mol. The van der Waals surface area contributed by atoms with Crippen LogP contribution >= 0.6 is 0 Å². The average molecular weight is 760 g/mol. The third-order valence-corrected chi connectivity index (χ3v) is 11.6. The molecule has 4 rings (SSSR count). The Bertz CT molecular complexity index is 1550. The normalized spacial score (nSPS) is 15.3. The van der Waals surface area contributed by atoms with Crippen LogP contribution in [0.1, 0.15) is 163 Å². The van der Waals surface area contributed by atoms with Crippen molar-refractivity contribution >= 4 is 23.0 Å². The Morgan fingerprint density at radius 3 is 1.96 bits per heavy atom. The van der Waals surface area contributed by atoms with E-state index >= 15 is 0 Å². The Labute approximate surface area is 333 Å². The van der Waals surface area contributed by atoms with Gasteiger partial charge in [0.05, 0.1) is 20.2 Å². The topological polar surface area (TPSA) is 82.5 Å². The molecule has 0 saturated carbocycles. The highest BCUT2D eigenvalue weighted by atomic mass is 16.6. The fourth-order valence-electron chi connectivity index (χ4n) is 8.15. The van der Waals surface area contributed by atoms with Gasteiger partial charge in [0.2, 0.25) is 6.73 Å². The van der Waals surface area contributed by atoms with Crippen molar-refractivity contribution in [2.75, 3.05) is 33.5 Å². The first kappa shape index (κ1) is 44.3. The molecule has 1 N–H and O–H groups in total. The summed E-state index contributed by atoms with van der Waals surface area (Å²) < 4.78 is 14.1. The summed E-state index contributed by atoms with van der Waals surface area (Å²) in [5, 5.41) is 3.88. The minimum atomic E-state index is -0.578. The van der Waals surface area contributed by atoms with E-state index in [0.717, 1.165) is 51.0 Å². The van der Waals surface area contributed by atoms with Crippen LogP contribution in [-0.4, -0.2) is 59.6 Å². The Kier molecular flexibility index (Phi) is 20.1. The summed E-state index contributed by atoms with van der Waals surface area (Å²) in [6.07, 6.45) is 30.0. The maximum Gasteiger partial charge on any atom is 0.411 e. The van der Waals surface area contributed by atoms with Crippen LogP contribution in [0.5, 0.6) is 0 Å². The molecule has 0 aliphatic carbocycles. The Balaban J connectivity index is 1.00. The number of alkyl carbamates (subject to hydrolysis) is 1.